The molecule has 0 atom stereocenters. The van der Waals surface area contributed by atoms with Gasteiger partial charge in [-0.25, -0.2) is 9.59 Å². The van der Waals surface area contributed by atoms with Crippen LogP contribution in [0.25, 0.3) is 17.5 Å². The summed E-state index contributed by atoms with van der Waals surface area (Å²) in [5.74, 6) is -1.38. The van der Waals surface area contributed by atoms with Crippen LogP contribution >= 0.6 is 0 Å². The summed E-state index contributed by atoms with van der Waals surface area (Å²) in [4.78, 5) is 28.6. The van der Waals surface area contributed by atoms with Crippen LogP contribution in [0.2, 0.25) is 0 Å². The molecule has 3 aromatic rings. The van der Waals surface area contributed by atoms with Gasteiger partial charge in [-0.1, -0.05) is 41.6 Å². The van der Waals surface area contributed by atoms with Crippen molar-refractivity contribution in [1.29, 1.82) is 0 Å². The number of nitrogens with zero attached hydrogens (tertiary/aromatic N) is 2. The van der Waals surface area contributed by atoms with E-state index in [2.05, 4.69) is 10.1 Å². The summed E-state index contributed by atoms with van der Waals surface area (Å²) in [7, 11) is 0. The second-order valence-electron chi connectivity index (χ2n) is 6.98. The highest BCUT2D eigenvalue weighted by atomic mass is 16.7. The molecule has 152 valence electrons. The van der Waals surface area contributed by atoms with Gasteiger partial charge in [0.2, 0.25) is 5.82 Å². The lowest BCUT2D eigenvalue weighted by molar-refractivity contribution is -0.222. The van der Waals surface area contributed by atoms with E-state index < -0.39 is 17.7 Å². The Balaban J connectivity index is 1.51. The molecular weight excluding hydrogens is 388 g/mol. The van der Waals surface area contributed by atoms with Gasteiger partial charge in [0.15, 0.2) is 6.61 Å². The fraction of sp³-hybridized carbons (Fsp3) is 0.182. The van der Waals surface area contributed by atoms with Gasteiger partial charge in [-0.15, -0.1) is 0 Å². The van der Waals surface area contributed by atoms with Crippen LogP contribution < -0.4 is 4.74 Å². The smallest absolute Gasteiger partial charge is 0.348 e. The van der Waals surface area contributed by atoms with Crippen LogP contribution in [0.4, 0.5) is 0 Å². The first-order chi connectivity index (χ1) is 14.4. The number of esters is 2. The van der Waals surface area contributed by atoms with Gasteiger partial charge in [0.25, 0.3) is 11.7 Å². The number of benzene rings is 2. The Kier molecular flexibility index (Phi) is 5.05. The normalized spacial score (nSPS) is 15.3. The molecular formula is C22H18N2O6. The highest BCUT2D eigenvalue weighted by molar-refractivity contribution is 6.18. The standard InChI is InChI=1S/C22H18N2O6/c1-22(2)28-20(25)17(21(26)29-22)12-14-7-6-8-15(11-14)19-23-18(30-24-19)13-27-16-9-4-3-5-10-16/h3-12H,13H2,1-2H3. The van der Waals surface area contributed by atoms with Gasteiger partial charge in [-0.05, 0) is 29.8 Å². The van der Waals surface area contributed by atoms with Crippen LogP contribution in [0.1, 0.15) is 25.3 Å². The zero-order chi connectivity index (χ0) is 21.1. The molecule has 0 aliphatic carbocycles. The molecule has 0 N–H and O–H groups in total. The summed E-state index contributed by atoms with van der Waals surface area (Å²) >= 11 is 0. The van der Waals surface area contributed by atoms with Gasteiger partial charge in [-0.2, -0.15) is 4.98 Å². The van der Waals surface area contributed by atoms with E-state index in [1.54, 1.807) is 24.3 Å². The van der Waals surface area contributed by atoms with Gasteiger partial charge in [0.05, 0.1) is 0 Å². The number of cyclic esters (lactones) is 2. The number of para-hydroxylation sites is 1. The van der Waals surface area contributed by atoms with Crippen LogP contribution in [-0.2, 0) is 25.7 Å². The molecule has 1 saturated heterocycles. The largest absolute Gasteiger partial charge is 0.484 e. The van der Waals surface area contributed by atoms with E-state index in [1.807, 2.05) is 30.3 Å². The summed E-state index contributed by atoms with van der Waals surface area (Å²) in [6, 6.07) is 16.3. The monoisotopic (exact) mass is 406 g/mol. The number of hydrogen-bond acceptors (Lipinski definition) is 8. The molecule has 0 amide bonds. The third kappa shape index (κ3) is 4.38. The predicted octanol–water partition coefficient (Wildman–Crippen LogP) is 3.54. The van der Waals surface area contributed by atoms with Crippen LogP contribution in [0, 0.1) is 0 Å². The molecule has 8 heteroatoms. The molecule has 1 aliphatic rings. The molecule has 1 fully saturated rings. The van der Waals surface area contributed by atoms with Crippen molar-refractivity contribution in [3.63, 3.8) is 0 Å². The van der Waals surface area contributed by atoms with E-state index in [4.69, 9.17) is 18.7 Å². The average molecular weight is 406 g/mol. The Labute approximate surface area is 172 Å². The Bertz CT molecular complexity index is 1100. The molecule has 2 heterocycles. The first-order valence-corrected chi connectivity index (χ1v) is 9.19. The van der Waals surface area contributed by atoms with Crippen molar-refractivity contribution < 1.29 is 28.3 Å². The Hall–Kier alpha value is -3.94. The fourth-order valence-corrected chi connectivity index (χ4v) is 2.81. The van der Waals surface area contributed by atoms with Gasteiger partial charge in [-0.3, -0.25) is 0 Å². The summed E-state index contributed by atoms with van der Waals surface area (Å²) in [6.45, 7) is 3.12. The van der Waals surface area contributed by atoms with Crippen molar-refractivity contribution in [1.82, 2.24) is 10.1 Å². The molecule has 0 spiro atoms. The minimum absolute atomic E-state index is 0.133. The number of carbonyl (C=O) groups is 2. The zero-order valence-corrected chi connectivity index (χ0v) is 16.3. The molecule has 2 aromatic carbocycles. The third-order valence-electron chi connectivity index (χ3n) is 4.15. The highest BCUT2D eigenvalue weighted by Gasteiger charge is 2.38. The predicted molar refractivity (Wildman–Crippen MR) is 105 cm³/mol. The molecule has 0 saturated carbocycles. The minimum Gasteiger partial charge on any atom is -0.484 e. The number of aromatic nitrogens is 2. The van der Waals surface area contributed by atoms with Crippen molar-refractivity contribution in [3.8, 4) is 17.1 Å². The topological polar surface area (TPSA) is 101 Å². The van der Waals surface area contributed by atoms with E-state index in [0.29, 0.717) is 28.6 Å². The number of rotatable bonds is 5. The fourth-order valence-electron chi connectivity index (χ4n) is 2.81. The van der Waals surface area contributed by atoms with Gasteiger partial charge in [0, 0.05) is 19.4 Å². The lowest BCUT2D eigenvalue weighted by atomic mass is 10.1. The zero-order valence-electron chi connectivity index (χ0n) is 16.3. The van der Waals surface area contributed by atoms with E-state index in [0.717, 1.165) is 0 Å². The second kappa shape index (κ2) is 7.82. The van der Waals surface area contributed by atoms with Crippen LogP contribution in [-0.4, -0.2) is 27.9 Å². The molecule has 4 rings (SSSR count). The van der Waals surface area contributed by atoms with Crippen molar-refractivity contribution in [2.75, 3.05) is 0 Å². The molecule has 30 heavy (non-hydrogen) atoms. The van der Waals surface area contributed by atoms with Crippen molar-refractivity contribution >= 4 is 18.0 Å². The van der Waals surface area contributed by atoms with E-state index in [9.17, 15) is 9.59 Å². The lowest BCUT2D eigenvalue weighted by Gasteiger charge is -2.29. The van der Waals surface area contributed by atoms with Crippen LogP contribution in [0.15, 0.2) is 64.7 Å². The number of carbonyl (C=O) groups excluding carboxylic acids is 2. The molecule has 1 aliphatic heterocycles. The molecule has 0 bridgehead atoms. The SMILES string of the molecule is CC1(C)OC(=O)C(=Cc2cccc(-c3noc(COc4ccccc4)n3)c2)C(=O)O1. The molecule has 1 aromatic heterocycles. The highest BCUT2D eigenvalue weighted by Crippen LogP contribution is 2.25. The minimum atomic E-state index is -1.28. The maximum absolute atomic E-state index is 12.1. The third-order valence-corrected chi connectivity index (χ3v) is 4.15. The first-order valence-electron chi connectivity index (χ1n) is 9.19. The summed E-state index contributed by atoms with van der Waals surface area (Å²) < 4.78 is 21.0. The van der Waals surface area contributed by atoms with Crippen molar-refractivity contribution in [2.24, 2.45) is 0 Å². The summed E-state index contributed by atoms with van der Waals surface area (Å²) in [5, 5.41) is 3.97. The van der Waals surface area contributed by atoms with Gasteiger partial charge < -0.3 is 18.7 Å². The van der Waals surface area contributed by atoms with E-state index in [-0.39, 0.29) is 12.2 Å². The van der Waals surface area contributed by atoms with Gasteiger partial charge >= 0.3 is 11.9 Å². The molecule has 0 radical (unpaired) electrons. The van der Waals surface area contributed by atoms with E-state index in [1.165, 1.54) is 19.9 Å². The maximum Gasteiger partial charge on any atom is 0.348 e. The van der Waals surface area contributed by atoms with E-state index >= 15 is 0 Å². The Morgan fingerprint density at radius 1 is 1.00 bits per heavy atom. The van der Waals surface area contributed by atoms with Gasteiger partial charge in [0.1, 0.15) is 11.3 Å². The Morgan fingerprint density at radius 3 is 2.47 bits per heavy atom. The quantitative estimate of drug-likeness (QED) is 0.360. The molecule has 8 nitrogen and oxygen atoms in total. The maximum atomic E-state index is 12.1. The van der Waals surface area contributed by atoms with Crippen molar-refractivity contribution in [3.05, 3.63) is 71.6 Å². The summed E-state index contributed by atoms with van der Waals surface area (Å²) in [6.07, 6.45) is 1.41. The number of ether oxygens (including phenoxy) is 3. The Morgan fingerprint density at radius 2 is 1.73 bits per heavy atom. The first kappa shape index (κ1) is 19.4. The second-order valence-corrected chi connectivity index (χ2v) is 6.98. The van der Waals surface area contributed by atoms with Crippen LogP contribution in [0.5, 0.6) is 5.75 Å². The number of hydrogen-bond donors (Lipinski definition) is 0. The van der Waals surface area contributed by atoms with Crippen molar-refractivity contribution in [2.45, 2.75) is 26.2 Å². The lowest BCUT2D eigenvalue weighted by Crippen LogP contribution is -2.41. The molecule has 0 unspecified atom stereocenters. The van der Waals surface area contributed by atoms with Crippen LogP contribution in [0.3, 0.4) is 0 Å². The average Bonchev–Trinajstić information content (AvgIpc) is 3.19. The summed E-state index contributed by atoms with van der Waals surface area (Å²) in [5.41, 5.74) is 1.05.